The molecule has 0 aromatic carbocycles. The van der Waals surface area contributed by atoms with Crippen LogP contribution in [0.1, 0.15) is 44.8 Å². The van der Waals surface area contributed by atoms with Crippen LogP contribution in [0.4, 0.5) is 13.2 Å². The fourth-order valence-electron chi connectivity index (χ4n) is 2.56. The molecule has 2 heterocycles. The van der Waals surface area contributed by atoms with Crippen LogP contribution in [0.15, 0.2) is 12.4 Å². The minimum Gasteiger partial charge on any atom is -0.332 e. The third-order valence-electron chi connectivity index (χ3n) is 3.72. The number of aromatic nitrogens is 2. The number of carbonyl (C=O) groups is 1. The molecule has 1 aromatic rings. The van der Waals surface area contributed by atoms with Crippen molar-refractivity contribution in [2.45, 2.75) is 51.5 Å². The van der Waals surface area contributed by atoms with E-state index in [0.717, 1.165) is 10.5 Å². The zero-order valence-electron chi connectivity index (χ0n) is 12.9. The van der Waals surface area contributed by atoms with E-state index in [2.05, 4.69) is 10.4 Å². The molecular weight excluding hydrogens is 297 g/mol. The lowest BCUT2D eigenvalue weighted by Crippen LogP contribution is -2.38. The fourth-order valence-corrected chi connectivity index (χ4v) is 2.56. The number of likely N-dealkylation sites (tertiary alicyclic amines) is 1. The van der Waals surface area contributed by atoms with Crippen molar-refractivity contribution in [3.8, 4) is 0 Å². The summed E-state index contributed by atoms with van der Waals surface area (Å²) < 4.78 is 39.0. The number of nitrogens with zero attached hydrogens (tertiary/aromatic N) is 3. The molecule has 1 amide bonds. The van der Waals surface area contributed by atoms with Gasteiger partial charge in [0, 0.05) is 42.9 Å². The summed E-state index contributed by atoms with van der Waals surface area (Å²) in [4.78, 5) is 12.5. The summed E-state index contributed by atoms with van der Waals surface area (Å²) in [5, 5.41) is 7.45. The average molecular weight is 318 g/mol. The number of carbonyl (C=O) groups excluding carboxylic acids is 1. The smallest absolute Gasteiger partial charge is 0.332 e. The van der Waals surface area contributed by atoms with Gasteiger partial charge < -0.3 is 10.2 Å². The second kappa shape index (κ2) is 6.28. The Morgan fingerprint density at radius 1 is 1.41 bits per heavy atom. The average Bonchev–Trinajstić information content (AvgIpc) is 2.95. The summed E-state index contributed by atoms with van der Waals surface area (Å²) in [6.07, 6.45) is -0.609. The van der Waals surface area contributed by atoms with Crippen LogP contribution in [0.3, 0.4) is 0 Å². The lowest BCUT2D eigenvalue weighted by Gasteiger charge is -2.20. The number of nitrogens with one attached hydrogen (secondary N) is 1. The highest BCUT2D eigenvalue weighted by Crippen LogP contribution is 2.22. The first kappa shape index (κ1) is 16.8. The molecule has 0 saturated carbocycles. The van der Waals surface area contributed by atoms with Crippen molar-refractivity contribution < 1.29 is 18.0 Å². The van der Waals surface area contributed by atoms with E-state index in [9.17, 15) is 18.0 Å². The monoisotopic (exact) mass is 318 g/mol. The maximum atomic E-state index is 12.4. The summed E-state index contributed by atoms with van der Waals surface area (Å²) in [5.41, 5.74) is 0.954. The Kier molecular flexibility index (Phi) is 4.79. The van der Waals surface area contributed by atoms with Crippen molar-refractivity contribution in [3.63, 3.8) is 0 Å². The van der Waals surface area contributed by atoms with Crippen molar-refractivity contribution >= 4 is 5.91 Å². The molecule has 8 heteroatoms. The second-order valence-electron chi connectivity index (χ2n) is 6.03. The van der Waals surface area contributed by atoms with Crippen LogP contribution >= 0.6 is 0 Å². The van der Waals surface area contributed by atoms with Gasteiger partial charge in [-0.1, -0.05) is 0 Å². The minimum absolute atomic E-state index is 0.0730. The van der Waals surface area contributed by atoms with Crippen molar-refractivity contribution in [1.82, 2.24) is 20.0 Å². The highest BCUT2D eigenvalue weighted by atomic mass is 19.4. The molecule has 1 fully saturated rings. The summed E-state index contributed by atoms with van der Waals surface area (Å²) >= 11 is 0. The number of hydrogen-bond donors (Lipinski definition) is 1. The molecule has 0 unspecified atom stereocenters. The number of hydrogen-bond acceptors (Lipinski definition) is 3. The number of amides is 1. The summed E-state index contributed by atoms with van der Waals surface area (Å²) in [6.45, 7) is 4.85. The van der Waals surface area contributed by atoms with E-state index >= 15 is 0 Å². The molecule has 1 N–H and O–H groups in total. The number of halogens is 3. The van der Waals surface area contributed by atoms with E-state index in [1.54, 1.807) is 6.20 Å². The SMILES string of the molecule is CC(C)n1cc([C@H](C)N[C@@H]2CC(=O)N(CC(F)(F)F)C2)cn1. The molecular formula is C14H21F3N4O. The lowest BCUT2D eigenvalue weighted by atomic mass is 10.1. The molecule has 0 bridgehead atoms. The quantitative estimate of drug-likeness (QED) is 0.906. The molecule has 0 radical (unpaired) electrons. The van der Waals surface area contributed by atoms with Gasteiger partial charge >= 0.3 is 6.18 Å². The number of rotatable bonds is 5. The van der Waals surface area contributed by atoms with Gasteiger partial charge in [-0.15, -0.1) is 0 Å². The second-order valence-corrected chi connectivity index (χ2v) is 6.03. The van der Waals surface area contributed by atoms with E-state index in [-0.39, 0.29) is 31.1 Å². The van der Waals surface area contributed by atoms with Crippen molar-refractivity contribution in [2.24, 2.45) is 0 Å². The highest BCUT2D eigenvalue weighted by molar-refractivity contribution is 5.79. The Morgan fingerprint density at radius 2 is 2.09 bits per heavy atom. The van der Waals surface area contributed by atoms with Gasteiger partial charge in [0.1, 0.15) is 6.54 Å². The van der Waals surface area contributed by atoms with Gasteiger partial charge in [-0.3, -0.25) is 9.48 Å². The Balaban J connectivity index is 1.92. The van der Waals surface area contributed by atoms with Crippen LogP contribution < -0.4 is 5.32 Å². The van der Waals surface area contributed by atoms with E-state index in [4.69, 9.17) is 0 Å². The predicted molar refractivity (Wildman–Crippen MR) is 75.2 cm³/mol. The standard InChI is InChI=1S/C14H21F3N4O/c1-9(2)21-6-11(5-18-21)10(3)19-12-4-13(22)20(7-12)8-14(15,16)17/h5-6,9-10,12,19H,4,7-8H2,1-3H3/t10-,12+/m0/s1. The molecule has 1 aliphatic rings. The number of alkyl halides is 3. The van der Waals surface area contributed by atoms with Gasteiger partial charge in [0.25, 0.3) is 0 Å². The van der Waals surface area contributed by atoms with Crippen molar-refractivity contribution in [1.29, 1.82) is 0 Å². The predicted octanol–water partition coefficient (Wildman–Crippen LogP) is 2.28. The molecule has 0 aliphatic carbocycles. The van der Waals surface area contributed by atoms with E-state index in [1.807, 2.05) is 31.6 Å². The molecule has 0 spiro atoms. The summed E-state index contributed by atoms with van der Waals surface area (Å²) in [6, 6.07) is -0.0975. The van der Waals surface area contributed by atoms with Crippen LogP contribution in [0.5, 0.6) is 0 Å². The molecule has 1 aromatic heterocycles. The third-order valence-corrected chi connectivity index (χ3v) is 3.72. The summed E-state index contributed by atoms with van der Waals surface area (Å²) in [5.74, 6) is -0.458. The van der Waals surface area contributed by atoms with Crippen LogP contribution in [0.25, 0.3) is 0 Å². The summed E-state index contributed by atoms with van der Waals surface area (Å²) in [7, 11) is 0. The molecule has 5 nitrogen and oxygen atoms in total. The maximum Gasteiger partial charge on any atom is 0.406 e. The van der Waals surface area contributed by atoms with Crippen molar-refractivity contribution in [2.75, 3.05) is 13.1 Å². The van der Waals surface area contributed by atoms with Crippen LogP contribution in [0.2, 0.25) is 0 Å². The van der Waals surface area contributed by atoms with Crippen LogP contribution in [-0.2, 0) is 4.79 Å². The molecule has 1 aliphatic heterocycles. The van der Waals surface area contributed by atoms with Gasteiger partial charge in [-0.2, -0.15) is 18.3 Å². The third kappa shape index (κ3) is 4.22. The first-order chi connectivity index (χ1) is 10.2. The van der Waals surface area contributed by atoms with Gasteiger partial charge in [-0.05, 0) is 20.8 Å². The van der Waals surface area contributed by atoms with E-state index < -0.39 is 18.6 Å². The van der Waals surface area contributed by atoms with Gasteiger partial charge in [0.05, 0.1) is 6.20 Å². The van der Waals surface area contributed by atoms with Gasteiger partial charge in [0.15, 0.2) is 0 Å². The van der Waals surface area contributed by atoms with Gasteiger partial charge in [0.2, 0.25) is 5.91 Å². The Labute approximate surface area is 127 Å². The molecule has 1 saturated heterocycles. The van der Waals surface area contributed by atoms with E-state index in [0.29, 0.717) is 0 Å². The Bertz CT molecular complexity index is 526. The molecule has 22 heavy (non-hydrogen) atoms. The Hall–Kier alpha value is -1.57. The first-order valence-corrected chi connectivity index (χ1v) is 7.30. The molecule has 2 rings (SSSR count). The topological polar surface area (TPSA) is 50.2 Å². The first-order valence-electron chi connectivity index (χ1n) is 7.30. The van der Waals surface area contributed by atoms with E-state index in [1.165, 1.54) is 0 Å². The molecule has 2 atom stereocenters. The largest absolute Gasteiger partial charge is 0.406 e. The fraction of sp³-hybridized carbons (Fsp3) is 0.714. The normalized spacial score (nSPS) is 21.0. The zero-order chi connectivity index (χ0) is 16.5. The highest BCUT2D eigenvalue weighted by Gasteiger charge is 2.38. The molecule has 124 valence electrons. The minimum atomic E-state index is -4.35. The lowest BCUT2D eigenvalue weighted by molar-refractivity contribution is -0.157. The van der Waals surface area contributed by atoms with Crippen LogP contribution in [-0.4, -0.2) is 45.9 Å². The Morgan fingerprint density at radius 3 is 2.64 bits per heavy atom. The van der Waals surface area contributed by atoms with Gasteiger partial charge in [-0.25, -0.2) is 0 Å². The van der Waals surface area contributed by atoms with Crippen molar-refractivity contribution in [3.05, 3.63) is 18.0 Å². The zero-order valence-corrected chi connectivity index (χ0v) is 12.9. The van der Waals surface area contributed by atoms with Crippen LogP contribution in [0, 0.1) is 0 Å². The maximum absolute atomic E-state index is 12.4.